The molecule has 0 spiro atoms. The van der Waals surface area contributed by atoms with Crippen molar-refractivity contribution in [1.29, 1.82) is 0 Å². The van der Waals surface area contributed by atoms with Gasteiger partial charge in [-0.3, -0.25) is 0 Å². The van der Waals surface area contributed by atoms with Crippen LogP contribution >= 0.6 is 15.9 Å². The molecule has 5 heteroatoms. The standard InChI is InChI=1S/C8H6BrF2NO/c9-4-1-3-5(12)2-13-8(3)7(11)6(4)10/h1,5H,2,12H2. The minimum atomic E-state index is -0.975. The summed E-state index contributed by atoms with van der Waals surface area (Å²) in [5.74, 6) is -1.97. The topological polar surface area (TPSA) is 35.2 Å². The van der Waals surface area contributed by atoms with Gasteiger partial charge in [-0.2, -0.15) is 4.39 Å². The van der Waals surface area contributed by atoms with E-state index in [9.17, 15) is 8.78 Å². The molecule has 2 nitrogen and oxygen atoms in total. The van der Waals surface area contributed by atoms with Crippen LogP contribution in [-0.4, -0.2) is 6.61 Å². The van der Waals surface area contributed by atoms with Gasteiger partial charge in [-0.05, 0) is 22.0 Å². The molecule has 0 amide bonds. The lowest BCUT2D eigenvalue weighted by atomic mass is 10.1. The van der Waals surface area contributed by atoms with Gasteiger partial charge in [0.1, 0.15) is 6.61 Å². The Bertz CT molecular complexity index is 370. The first-order valence-electron chi connectivity index (χ1n) is 3.67. The number of halogens is 3. The molecule has 1 atom stereocenters. The van der Waals surface area contributed by atoms with Gasteiger partial charge in [-0.25, -0.2) is 4.39 Å². The molecule has 0 radical (unpaired) electrons. The number of ether oxygens (including phenoxy) is 1. The highest BCUT2D eigenvalue weighted by molar-refractivity contribution is 9.10. The Hall–Kier alpha value is -0.680. The van der Waals surface area contributed by atoms with Crippen LogP contribution in [0.25, 0.3) is 0 Å². The van der Waals surface area contributed by atoms with Gasteiger partial charge in [-0.15, -0.1) is 0 Å². The minimum Gasteiger partial charge on any atom is -0.488 e. The van der Waals surface area contributed by atoms with Crippen molar-refractivity contribution >= 4 is 15.9 Å². The summed E-state index contributed by atoms with van der Waals surface area (Å²) < 4.78 is 31.1. The zero-order valence-electron chi connectivity index (χ0n) is 6.48. The molecule has 0 saturated heterocycles. The van der Waals surface area contributed by atoms with Crippen LogP contribution in [0.15, 0.2) is 10.5 Å². The minimum absolute atomic E-state index is 0.0619. The molecule has 0 saturated carbocycles. The van der Waals surface area contributed by atoms with Crippen molar-refractivity contribution in [3.05, 3.63) is 27.7 Å². The molecule has 0 aliphatic carbocycles. The fourth-order valence-corrected chi connectivity index (χ4v) is 1.70. The van der Waals surface area contributed by atoms with Crippen LogP contribution in [0.2, 0.25) is 0 Å². The van der Waals surface area contributed by atoms with E-state index < -0.39 is 11.6 Å². The predicted molar refractivity (Wildman–Crippen MR) is 46.5 cm³/mol. The normalized spacial score (nSPS) is 19.8. The SMILES string of the molecule is NC1COc2c1cc(Br)c(F)c2F. The third-order valence-corrected chi connectivity index (χ3v) is 2.53. The first-order chi connectivity index (χ1) is 6.11. The van der Waals surface area contributed by atoms with Gasteiger partial charge in [0.15, 0.2) is 11.6 Å². The van der Waals surface area contributed by atoms with E-state index in [1.54, 1.807) is 0 Å². The van der Waals surface area contributed by atoms with Crippen LogP contribution in [0.4, 0.5) is 8.78 Å². The summed E-state index contributed by atoms with van der Waals surface area (Å²) in [6.07, 6.45) is 0. The Morgan fingerprint density at radius 2 is 2.15 bits per heavy atom. The summed E-state index contributed by atoms with van der Waals surface area (Å²) in [7, 11) is 0. The number of rotatable bonds is 0. The van der Waals surface area contributed by atoms with E-state index in [4.69, 9.17) is 10.5 Å². The van der Waals surface area contributed by atoms with E-state index in [1.165, 1.54) is 6.07 Å². The van der Waals surface area contributed by atoms with E-state index in [0.29, 0.717) is 5.56 Å². The van der Waals surface area contributed by atoms with E-state index in [-0.39, 0.29) is 22.9 Å². The van der Waals surface area contributed by atoms with Crippen LogP contribution in [0, 0.1) is 11.6 Å². The second-order valence-corrected chi connectivity index (χ2v) is 3.68. The van der Waals surface area contributed by atoms with Crippen LogP contribution in [-0.2, 0) is 0 Å². The molecular weight excluding hydrogens is 244 g/mol. The summed E-state index contributed by atoms with van der Waals surface area (Å²) >= 11 is 2.90. The van der Waals surface area contributed by atoms with E-state index in [1.807, 2.05) is 0 Å². The lowest BCUT2D eigenvalue weighted by molar-refractivity contribution is 0.314. The smallest absolute Gasteiger partial charge is 0.202 e. The molecule has 1 aromatic rings. The zero-order valence-corrected chi connectivity index (χ0v) is 8.07. The molecule has 0 bridgehead atoms. The summed E-state index contributed by atoms with van der Waals surface area (Å²) in [5.41, 5.74) is 6.10. The molecule has 1 heterocycles. The average molecular weight is 250 g/mol. The first kappa shape index (κ1) is 8.90. The van der Waals surface area contributed by atoms with Gasteiger partial charge in [0.25, 0.3) is 0 Å². The maximum atomic E-state index is 13.2. The number of benzene rings is 1. The third-order valence-electron chi connectivity index (χ3n) is 1.95. The van der Waals surface area contributed by atoms with Gasteiger partial charge in [0.2, 0.25) is 5.82 Å². The van der Waals surface area contributed by atoms with Crippen LogP contribution in [0.5, 0.6) is 5.75 Å². The van der Waals surface area contributed by atoms with Gasteiger partial charge in [0, 0.05) is 5.56 Å². The van der Waals surface area contributed by atoms with Crippen LogP contribution < -0.4 is 10.5 Å². The fourth-order valence-electron chi connectivity index (χ4n) is 1.28. The van der Waals surface area contributed by atoms with Crippen molar-refractivity contribution in [3.63, 3.8) is 0 Å². The quantitative estimate of drug-likeness (QED) is 0.716. The Kier molecular flexibility index (Phi) is 2.00. The van der Waals surface area contributed by atoms with E-state index in [0.717, 1.165) is 0 Å². The Labute approximate surface area is 81.8 Å². The predicted octanol–water partition coefficient (Wildman–Crippen LogP) is 2.12. The van der Waals surface area contributed by atoms with Crippen molar-refractivity contribution in [2.75, 3.05) is 6.61 Å². The molecular formula is C8H6BrF2NO. The summed E-state index contributed by atoms with van der Waals surface area (Å²) in [5, 5.41) is 0. The molecule has 1 aliphatic rings. The monoisotopic (exact) mass is 249 g/mol. The highest BCUT2D eigenvalue weighted by Gasteiger charge is 2.27. The second kappa shape index (κ2) is 2.92. The second-order valence-electron chi connectivity index (χ2n) is 2.82. The first-order valence-corrected chi connectivity index (χ1v) is 4.46. The lowest BCUT2D eigenvalue weighted by Crippen LogP contribution is -2.10. The van der Waals surface area contributed by atoms with E-state index in [2.05, 4.69) is 15.9 Å². The molecule has 2 rings (SSSR count). The highest BCUT2D eigenvalue weighted by atomic mass is 79.9. The average Bonchev–Trinajstić information content (AvgIpc) is 2.45. The summed E-state index contributed by atoms with van der Waals surface area (Å²) in [6, 6.07) is 1.08. The largest absolute Gasteiger partial charge is 0.488 e. The molecule has 2 N–H and O–H groups in total. The van der Waals surface area contributed by atoms with Gasteiger partial charge in [0.05, 0.1) is 10.5 Å². The Morgan fingerprint density at radius 1 is 1.46 bits per heavy atom. The number of hydrogen-bond acceptors (Lipinski definition) is 2. The summed E-state index contributed by atoms with van der Waals surface area (Å²) in [4.78, 5) is 0. The van der Waals surface area contributed by atoms with Crippen molar-refractivity contribution in [3.8, 4) is 5.75 Å². The number of fused-ring (bicyclic) bond motifs is 1. The highest BCUT2D eigenvalue weighted by Crippen LogP contribution is 2.37. The molecule has 0 fully saturated rings. The molecule has 70 valence electrons. The van der Waals surface area contributed by atoms with Crippen molar-refractivity contribution < 1.29 is 13.5 Å². The maximum absolute atomic E-state index is 13.2. The van der Waals surface area contributed by atoms with Crippen molar-refractivity contribution in [2.24, 2.45) is 5.73 Å². The van der Waals surface area contributed by atoms with E-state index >= 15 is 0 Å². The molecule has 13 heavy (non-hydrogen) atoms. The lowest BCUT2D eigenvalue weighted by Gasteiger charge is -2.04. The van der Waals surface area contributed by atoms with Crippen LogP contribution in [0.1, 0.15) is 11.6 Å². The molecule has 1 unspecified atom stereocenters. The van der Waals surface area contributed by atoms with Crippen molar-refractivity contribution in [2.45, 2.75) is 6.04 Å². The third kappa shape index (κ3) is 1.23. The Balaban J connectivity index is 2.67. The molecule has 1 aromatic carbocycles. The number of nitrogens with two attached hydrogens (primary N) is 1. The van der Waals surface area contributed by atoms with Gasteiger partial charge < -0.3 is 10.5 Å². The fraction of sp³-hybridized carbons (Fsp3) is 0.250. The summed E-state index contributed by atoms with van der Waals surface area (Å²) in [6.45, 7) is 0.197. The van der Waals surface area contributed by atoms with Crippen molar-refractivity contribution in [1.82, 2.24) is 0 Å². The zero-order chi connectivity index (χ0) is 9.59. The molecule has 1 aliphatic heterocycles. The van der Waals surface area contributed by atoms with Crippen LogP contribution in [0.3, 0.4) is 0 Å². The number of hydrogen-bond donors (Lipinski definition) is 1. The maximum Gasteiger partial charge on any atom is 0.202 e. The Morgan fingerprint density at radius 3 is 2.85 bits per heavy atom. The van der Waals surface area contributed by atoms with Gasteiger partial charge in [-0.1, -0.05) is 0 Å². The van der Waals surface area contributed by atoms with Gasteiger partial charge >= 0.3 is 0 Å². The molecule has 0 aromatic heterocycles.